The zero-order valence-corrected chi connectivity index (χ0v) is 19.7. The monoisotopic (exact) mass is 464 g/mol. The first-order chi connectivity index (χ1) is 16.5. The van der Waals surface area contributed by atoms with Crippen molar-refractivity contribution >= 4 is 16.9 Å². The van der Waals surface area contributed by atoms with Crippen molar-refractivity contribution in [2.24, 2.45) is 11.8 Å². The number of pyridine rings is 1. The molecular weight excluding hydrogens is 431 g/mol. The summed E-state index contributed by atoms with van der Waals surface area (Å²) >= 11 is 0. The predicted octanol–water partition coefficient (Wildman–Crippen LogP) is 5.69. The van der Waals surface area contributed by atoms with Gasteiger partial charge in [0.05, 0.1) is 18.5 Å². The molecule has 1 N–H and O–H groups in total. The number of piperidine rings is 1. The molecule has 1 aliphatic rings. The van der Waals surface area contributed by atoms with Gasteiger partial charge < -0.3 is 14.7 Å². The number of carbonyl (C=O) groups is 1. The van der Waals surface area contributed by atoms with Crippen LogP contribution in [-0.4, -0.2) is 47.7 Å². The molecule has 6 heteroatoms. The van der Waals surface area contributed by atoms with Crippen molar-refractivity contribution in [1.29, 1.82) is 0 Å². The molecule has 0 saturated carbocycles. The molecule has 4 rings (SSSR count). The molecule has 3 aromatic rings. The van der Waals surface area contributed by atoms with Crippen molar-refractivity contribution in [3.8, 4) is 5.75 Å². The van der Waals surface area contributed by atoms with E-state index in [9.17, 15) is 14.3 Å². The van der Waals surface area contributed by atoms with Crippen LogP contribution in [0.2, 0.25) is 0 Å². The molecule has 0 aliphatic carbocycles. The summed E-state index contributed by atoms with van der Waals surface area (Å²) in [6.07, 6.45) is 4.70. The zero-order chi connectivity index (χ0) is 23.9. The maximum Gasteiger partial charge on any atom is 0.308 e. The van der Waals surface area contributed by atoms with Crippen LogP contribution in [0.1, 0.15) is 43.0 Å². The van der Waals surface area contributed by atoms with Crippen LogP contribution in [-0.2, 0) is 11.2 Å². The van der Waals surface area contributed by atoms with Crippen LogP contribution >= 0.6 is 0 Å². The molecule has 0 amide bonds. The summed E-state index contributed by atoms with van der Waals surface area (Å²) in [7, 11) is 1.66. The quantitative estimate of drug-likeness (QED) is 0.418. The van der Waals surface area contributed by atoms with Gasteiger partial charge in [-0.2, -0.15) is 0 Å². The average Bonchev–Trinajstić information content (AvgIpc) is 2.88. The molecule has 0 bridgehead atoms. The van der Waals surface area contributed by atoms with Gasteiger partial charge in [-0.3, -0.25) is 9.78 Å². The van der Waals surface area contributed by atoms with Crippen LogP contribution in [0.4, 0.5) is 4.39 Å². The fourth-order valence-corrected chi connectivity index (χ4v) is 5.10. The van der Waals surface area contributed by atoms with E-state index in [4.69, 9.17) is 4.74 Å². The first-order valence-electron chi connectivity index (χ1n) is 12.1. The van der Waals surface area contributed by atoms with E-state index in [2.05, 4.69) is 9.88 Å². The lowest BCUT2D eigenvalue weighted by molar-refractivity contribution is -0.146. The third-order valence-electron chi connectivity index (χ3n) is 7.08. The van der Waals surface area contributed by atoms with E-state index in [-0.39, 0.29) is 5.92 Å². The van der Waals surface area contributed by atoms with Gasteiger partial charge >= 0.3 is 5.97 Å². The van der Waals surface area contributed by atoms with Crippen molar-refractivity contribution in [3.63, 3.8) is 0 Å². The molecule has 0 spiro atoms. The number of carboxylic acids is 1. The standard InChI is InChI=1S/C28H33FN2O3/c1-34-23-10-11-27-24(18-23)20(12-15-30-27)8-5-9-21-13-16-31(19-25(21)28(32)33)17-14-26(29)22-6-3-2-4-7-22/h2-4,6-7,10-12,15,18,21,25-26H,5,8-9,13-14,16-17,19H2,1H3,(H,32,33)/t21-,25+,26?/m1/s1. The van der Waals surface area contributed by atoms with Gasteiger partial charge in [0.15, 0.2) is 0 Å². The Hall–Kier alpha value is -2.99. The highest BCUT2D eigenvalue weighted by Crippen LogP contribution is 2.31. The van der Waals surface area contributed by atoms with Gasteiger partial charge in [-0.05, 0) is 80.0 Å². The summed E-state index contributed by atoms with van der Waals surface area (Å²) < 4.78 is 19.9. The Kier molecular flexibility index (Phi) is 8.12. The molecule has 34 heavy (non-hydrogen) atoms. The van der Waals surface area contributed by atoms with E-state index in [0.29, 0.717) is 25.1 Å². The number of fused-ring (bicyclic) bond motifs is 1. The number of methoxy groups -OCH3 is 1. The number of rotatable bonds is 10. The summed E-state index contributed by atoms with van der Waals surface area (Å²) in [4.78, 5) is 18.6. The van der Waals surface area contributed by atoms with Gasteiger partial charge in [0.2, 0.25) is 0 Å². The fourth-order valence-electron chi connectivity index (χ4n) is 5.10. The fraction of sp³-hybridized carbons (Fsp3) is 0.429. The highest BCUT2D eigenvalue weighted by Gasteiger charge is 2.34. The minimum absolute atomic E-state index is 0.145. The molecule has 1 aliphatic heterocycles. The van der Waals surface area contributed by atoms with Gasteiger partial charge in [-0.1, -0.05) is 30.3 Å². The summed E-state index contributed by atoms with van der Waals surface area (Å²) in [5.41, 5.74) is 2.84. The van der Waals surface area contributed by atoms with Crippen LogP contribution in [0.15, 0.2) is 60.8 Å². The minimum Gasteiger partial charge on any atom is -0.497 e. The summed E-state index contributed by atoms with van der Waals surface area (Å²) in [5.74, 6) is -0.194. The van der Waals surface area contributed by atoms with Crippen molar-refractivity contribution in [1.82, 2.24) is 9.88 Å². The Morgan fingerprint density at radius 1 is 1.24 bits per heavy atom. The lowest BCUT2D eigenvalue weighted by Crippen LogP contribution is -2.44. The number of carboxylic acid groups (broad SMARTS) is 1. The number of hydrogen-bond donors (Lipinski definition) is 1. The predicted molar refractivity (Wildman–Crippen MR) is 132 cm³/mol. The van der Waals surface area contributed by atoms with E-state index in [1.807, 2.05) is 48.7 Å². The van der Waals surface area contributed by atoms with E-state index in [0.717, 1.165) is 48.9 Å². The van der Waals surface area contributed by atoms with E-state index in [1.165, 1.54) is 5.56 Å². The van der Waals surface area contributed by atoms with E-state index in [1.54, 1.807) is 19.2 Å². The second-order valence-corrected chi connectivity index (χ2v) is 9.21. The number of alkyl halides is 1. The number of benzene rings is 2. The summed E-state index contributed by atoms with van der Waals surface area (Å²) in [6.45, 7) is 1.90. The van der Waals surface area contributed by atoms with Crippen molar-refractivity contribution in [2.75, 3.05) is 26.7 Å². The Labute approximate surface area is 200 Å². The van der Waals surface area contributed by atoms with Crippen molar-refractivity contribution in [2.45, 2.75) is 38.3 Å². The third-order valence-corrected chi connectivity index (χ3v) is 7.08. The van der Waals surface area contributed by atoms with Gasteiger partial charge in [0.1, 0.15) is 11.9 Å². The molecule has 1 saturated heterocycles. The Balaban J connectivity index is 1.31. The number of ether oxygens (including phenoxy) is 1. The number of aliphatic carboxylic acids is 1. The second kappa shape index (κ2) is 11.4. The average molecular weight is 465 g/mol. The lowest BCUT2D eigenvalue weighted by Gasteiger charge is -2.37. The Morgan fingerprint density at radius 2 is 2.06 bits per heavy atom. The van der Waals surface area contributed by atoms with Crippen LogP contribution in [0.25, 0.3) is 10.9 Å². The van der Waals surface area contributed by atoms with Crippen LogP contribution in [0, 0.1) is 11.8 Å². The van der Waals surface area contributed by atoms with Crippen molar-refractivity contribution in [3.05, 3.63) is 71.9 Å². The first-order valence-corrected chi connectivity index (χ1v) is 12.1. The van der Waals surface area contributed by atoms with Gasteiger partial charge in [-0.25, -0.2) is 4.39 Å². The number of likely N-dealkylation sites (tertiary alicyclic amines) is 1. The number of nitrogens with zero attached hydrogens (tertiary/aromatic N) is 2. The molecule has 1 aromatic heterocycles. The SMILES string of the molecule is COc1ccc2nccc(CCC[C@@H]3CCN(CCC(F)c4ccccc4)C[C@@H]3C(=O)O)c2c1. The molecule has 180 valence electrons. The smallest absolute Gasteiger partial charge is 0.308 e. The molecule has 2 heterocycles. The summed E-state index contributed by atoms with van der Waals surface area (Å²) in [6, 6.07) is 17.1. The maximum absolute atomic E-state index is 14.6. The van der Waals surface area contributed by atoms with Gasteiger partial charge in [0, 0.05) is 24.7 Å². The third kappa shape index (κ3) is 5.92. The van der Waals surface area contributed by atoms with Crippen LogP contribution < -0.4 is 4.74 Å². The first kappa shape index (κ1) is 24.1. The highest BCUT2D eigenvalue weighted by molar-refractivity contribution is 5.83. The number of aryl methyl sites for hydroxylation is 1. The molecular formula is C28H33FN2O3. The number of halogens is 1. The second-order valence-electron chi connectivity index (χ2n) is 9.21. The van der Waals surface area contributed by atoms with Gasteiger partial charge in [0.25, 0.3) is 0 Å². The molecule has 1 fully saturated rings. The van der Waals surface area contributed by atoms with Crippen LogP contribution in [0.5, 0.6) is 5.75 Å². The van der Waals surface area contributed by atoms with E-state index >= 15 is 0 Å². The minimum atomic E-state index is -1.02. The van der Waals surface area contributed by atoms with Crippen LogP contribution in [0.3, 0.4) is 0 Å². The molecule has 0 radical (unpaired) electrons. The lowest BCUT2D eigenvalue weighted by atomic mass is 9.81. The normalized spacial score (nSPS) is 19.7. The Bertz CT molecular complexity index is 1090. The molecule has 1 unspecified atom stereocenters. The Morgan fingerprint density at radius 3 is 2.82 bits per heavy atom. The van der Waals surface area contributed by atoms with Gasteiger partial charge in [-0.15, -0.1) is 0 Å². The number of hydrogen-bond acceptors (Lipinski definition) is 4. The maximum atomic E-state index is 14.6. The number of aromatic nitrogens is 1. The molecule has 2 aromatic carbocycles. The molecule has 3 atom stereocenters. The highest BCUT2D eigenvalue weighted by atomic mass is 19.1. The van der Waals surface area contributed by atoms with E-state index < -0.39 is 18.1 Å². The summed E-state index contributed by atoms with van der Waals surface area (Å²) in [5, 5.41) is 11.0. The largest absolute Gasteiger partial charge is 0.497 e. The molecule has 5 nitrogen and oxygen atoms in total. The zero-order valence-electron chi connectivity index (χ0n) is 19.7. The van der Waals surface area contributed by atoms with Crippen molar-refractivity contribution < 1.29 is 19.0 Å². The topological polar surface area (TPSA) is 62.7 Å².